The molecule has 3 amide bonds. The molecule has 1 aromatic heterocycles. The Morgan fingerprint density at radius 3 is 2.65 bits per heavy atom. The molecule has 2 aromatic rings. The number of fused-ring (bicyclic) bond motifs is 1. The fourth-order valence-corrected chi connectivity index (χ4v) is 4.94. The number of nitrogens with one attached hydrogen (secondary N) is 2. The normalized spacial score (nSPS) is 22.7. The summed E-state index contributed by atoms with van der Waals surface area (Å²) < 4.78 is 15.0. The van der Waals surface area contributed by atoms with E-state index < -0.39 is 11.9 Å². The molecule has 9 heteroatoms. The predicted molar refractivity (Wildman–Crippen MR) is 108 cm³/mol. The molecule has 3 aliphatic heterocycles. The summed E-state index contributed by atoms with van der Waals surface area (Å²) in [5.41, 5.74) is 2.79. The molecule has 3 aliphatic rings. The van der Waals surface area contributed by atoms with Gasteiger partial charge in [-0.1, -0.05) is 6.07 Å². The van der Waals surface area contributed by atoms with Crippen LogP contribution in [0.2, 0.25) is 0 Å². The van der Waals surface area contributed by atoms with Gasteiger partial charge in [0.15, 0.2) is 0 Å². The van der Waals surface area contributed by atoms with Gasteiger partial charge in [0.2, 0.25) is 11.8 Å². The highest BCUT2D eigenvalue weighted by Gasteiger charge is 2.40. The molecule has 0 spiro atoms. The number of imidazole rings is 1. The number of carbonyl (C=O) groups is 3. The number of aromatic amines is 1. The number of H-pyrrole nitrogens is 1. The summed E-state index contributed by atoms with van der Waals surface area (Å²) in [5.74, 6) is -1.38. The van der Waals surface area contributed by atoms with E-state index in [0.29, 0.717) is 17.5 Å². The molecular formula is C22H24FN5O3. The van der Waals surface area contributed by atoms with Crippen molar-refractivity contribution in [3.8, 4) is 0 Å². The van der Waals surface area contributed by atoms with Crippen LogP contribution >= 0.6 is 0 Å². The van der Waals surface area contributed by atoms with Crippen LogP contribution in [0, 0.1) is 5.82 Å². The summed E-state index contributed by atoms with van der Waals surface area (Å²) >= 11 is 0. The third-order valence-corrected chi connectivity index (χ3v) is 6.62. The van der Waals surface area contributed by atoms with E-state index in [1.165, 1.54) is 11.0 Å². The Balaban J connectivity index is 1.29. The van der Waals surface area contributed by atoms with E-state index >= 15 is 0 Å². The van der Waals surface area contributed by atoms with Crippen LogP contribution in [0.25, 0.3) is 0 Å². The smallest absolute Gasteiger partial charge is 0.255 e. The van der Waals surface area contributed by atoms with E-state index in [0.717, 1.165) is 43.7 Å². The van der Waals surface area contributed by atoms with Crippen molar-refractivity contribution in [1.82, 2.24) is 25.1 Å². The molecule has 1 aromatic carbocycles. The Bertz CT molecular complexity index is 1030. The van der Waals surface area contributed by atoms with Gasteiger partial charge in [0.25, 0.3) is 5.91 Å². The molecule has 162 valence electrons. The average molecular weight is 425 g/mol. The summed E-state index contributed by atoms with van der Waals surface area (Å²) in [6.07, 6.45) is 5.67. The minimum Gasteiger partial charge on any atom is -0.347 e. The molecule has 4 heterocycles. The maximum absolute atomic E-state index is 15.0. The number of imide groups is 1. The number of amides is 3. The van der Waals surface area contributed by atoms with Crippen molar-refractivity contribution in [1.29, 1.82) is 0 Å². The lowest BCUT2D eigenvalue weighted by atomic mass is 9.87. The first-order chi connectivity index (χ1) is 15.0. The Morgan fingerprint density at radius 1 is 1.13 bits per heavy atom. The molecule has 8 nitrogen and oxygen atoms in total. The van der Waals surface area contributed by atoms with E-state index in [2.05, 4.69) is 20.2 Å². The monoisotopic (exact) mass is 425 g/mol. The van der Waals surface area contributed by atoms with Crippen molar-refractivity contribution in [2.45, 2.75) is 50.7 Å². The van der Waals surface area contributed by atoms with Gasteiger partial charge < -0.3 is 9.88 Å². The molecule has 1 unspecified atom stereocenters. The number of nitrogens with zero attached hydrogens (tertiary/aromatic N) is 3. The number of aromatic nitrogens is 2. The molecule has 0 bridgehead atoms. The Morgan fingerprint density at radius 2 is 1.94 bits per heavy atom. The van der Waals surface area contributed by atoms with Gasteiger partial charge >= 0.3 is 0 Å². The van der Waals surface area contributed by atoms with Crippen molar-refractivity contribution >= 4 is 17.7 Å². The van der Waals surface area contributed by atoms with Crippen LogP contribution in [0.1, 0.15) is 58.8 Å². The number of hydrogen-bond acceptors (Lipinski definition) is 5. The fraction of sp³-hybridized carbons (Fsp3) is 0.455. The van der Waals surface area contributed by atoms with Gasteiger partial charge in [-0.3, -0.25) is 24.6 Å². The van der Waals surface area contributed by atoms with E-state index in [-0.39, 0.29) is 36.5 Å². The van der Waals surface area contributed by atoms with Gasteiger partial charge in [-0.2, -0.15) is 0 Å². The Labute approximate surface area is 178 Å². The molecule has 2 saturated heterocycles. The van der Waals surface area contributed by atoms with Crippen LogP contribution in [0.4, 0.5) is 4.39 Å². The minimum absolute atomic E-state index is 0.100. The molecule has 0 saturated carbocycles. The number of piperidine rings is 2. The van der Waals surface area contributed by atoms with Crippen molar-refractivity contribution in [3.05, 3.63) is 52.9 Å². The fourth-order valence-electron chi connectivity index (χ4n) is 4.94. The maximum Gasteiger partial charge on any atom is 0.255 e. The number of hydrogen-bond donors (Lipinski definition) is 2. The lowest BCUT2D eigenvalue weighted by Gasteiger charge is -2.32. The van der Waals surface area contributed by atoms with Crippen molar-refractivity contribution < 1.29 is 18.8 Å². The van der Waals surface area contributed by atoms with Gasteiger partial charge in [0.05, 0.1) is 6.33 Å². The van der Waals surface area contributed by atoms with Gasteiger partial charge in [-0.15, -0.1) is 0 Å². The number of carbonyl (C=O) groups excluding carboxylic acids is 3. The number of likely N-dealkylation sites (tertiary alicyclic amines) is 1. The van der Waals surface area contributed by atoms with Crippen molar-refractivity contribution in [2.24, 2.45) is 0 Å². The maximum atomic E-state index is 15.0. The Kier molecular flexibility index (Phi) is 5.05. The second kappa shape index (κ2) is 7.88. The number of halogens is 1. The SMILES string of the molecule is O=C1CCC(N2Cc3cc(C4CCN(Cc5cnc[nH]5)CC4)c(F)cc3C2=O)C(=O)N1. The summed E-state index contributed by atoms with van der Waals surface area (Å²) in [5, 5.41) is 2.29. The van der Waals surface area contributed by atoms with Gasteiger partial charge in [0, 0.05) is 37.0 Å². The van der Waals surface area contributed by atoms with Gasteiger partial charge in [-0.25, -0.2) is 9.37 Å². The van der Waals surface area contributed by atoms with Crippen molar-refractivity contribution in [2.75, 3.05) is 13.1 Å². The van der Waals surface area contributed by atoms with Gasteiger partial charge in [0.1, 0.15) is 11.9 Å². The zero-order valence-electron chi connectivity index (χ0n) is 17.1. The first kappa shape index (κ1) is 19.9. The molecule has 1 atom stereocenters. The summed E-state index contributed by atoms with van der Waals surface area (Å²) in [6, 6.07) is 2.45. The third-order valence-electron chi connectivity index (χ3n) is 6.62. The van der Waals surface area contributed by atoms with Crippen molar-refractivity contribution in [3.63, 3.8) is 0 Å². The molecule has 2 fully saturated rings. The minimum atomic E-state index is -0.685. The standard InChI is InChI=1S/C22H24FN5O3/c23-18-8-17-14(10-28(22(17)31)19-1-2-20(29)26-21(19)30)7-16(18)13-3-5-27(6-4-13)11-15-9-24-12-25-15/h7-9,12-13,19H,1-6,10-11H2,(H,24,25)(H,26,29,30). The topological polar surface area (TPSA) is 98.4 Å². The zero-order valence-corrected chi connectivity index (χ0v) is 17.1. The molecule has 0 aliphatic carbocycles. The van der Waals surface area contributed by atoms with Crippen LogP contribution in [0.15, 0.2) is 24.7 Å². The third kappa shape index (κ3) is 3.74. The van der Waals surface area contributed by atoms with Crippen LogP contribution in [0.5, 0.6) is 0 Å². The first-order valence-corrected chi connectivity index (χ1v) is 10.7. The van der Waals surface area contributed by atoms with Gasteiger partial charge in [-0.05, 0) is 55.5 Å². The highest BCUT2D eigenvalue weighted by molar-refractivity contribution is 6.05. The highest BCUT2D eigenvalue weighted by atomic mass is 19.1. The lowest BCUT2D eigenvalue weighted by Crippen LogP contribution is -2.52. The second-order valence-electron chi connectivity index (χ2n) is 8.56. The number of benzene rings is 1. The lowest BCUT2D eigenvalue weighted by molar-refractivity contribution is -0.136. The summed E-state index contributed by atoms with van der Waals surface area (Å²) in [7, 11) is 0. The van der Waals surface area contributed by atoms with E-state index in [9.17, 15) is 18.8 Å². The first-order valence-electron chi connectivity index (χ1n) is 10.7. The zero-order chi connectivity index (χ0) is 21.5. The van der Waals surface area contributed by atoms with Crippen LogP contribution in [-0.4, -0.2) is 56.6 Å². The van der Waals surface area contributed by atoms with E-state index in [4.69, 9.17) is 0 Å². The largest absolute Gasteiger partial charge is 0.347 e. The van der Waals surface area contributed by atoms with Crippen LogP contribution in [-0.2, 0) is 22.7 Å². The van der Waals surface area contributed by atoms with Crippen LogP contribution < -0.4 is 5.32 Å². The van der Waals surface area contributed by atoms with E-state index in [1.54, 1.807) is 6.33 Å². The molecule has 2 N–H and O–H groups in total. The molecule has 0 radical (unpaired) electrons. The number of rotatable bonds is 4. The van der Waals surface area contributed by atoms with E-state index in [1.807, 2.05) is 12.3 Å². The Hall–Kier alpha value is -3.07. The predicted octanol–water partition coefficient (Wildman–Crippen LogP) is 1.69. The molecule has 5 rings (SSSR count). The van der Waals surface area contributed by atoms with Crippen LogP contribution in [0.3, 0.4) is 0 Å². The summed E-state index contributed by atoms with van der Waals surface area (Å²) in [6.45, 7) is 2.80. The average Bonchev–Trinajstić information content (AvgIpc) is 3.37. The highest BCUT2D eigenvalue weighted by Crippen LogP contribution is 2.35. The summed E-state index contributed by atoms with van der Waals surface area (Å²) in [4.78, 5) is 47.4. The second-order valence-corrected chi connectivity index (χ2v) is 8.56. The molecule has 31 heavy (non-hydrogen) atoms. The molecular weight excluding hydrogens is 401 g/mol. The quantitative estimate of drug-likeness (QED) is 0.727.